The van der Waals surface area contributed by atoms with E-state index in [9.17, 15) is 0 Å². The highest BCUT2D eigenvalue weighted by atomic mass is 79.9. The normalized spacial score (nSPS) is 12.3. The average molecular weight is 338 g/mol. The van der Waals surface area contributed by atoms with Crippen molar-refractivity contribution in [2.24, 2.45) is 0 Å². The molecule has 1 unspecified atom stereocenters. The van der Waals surface area contributed by atoms with E-state index in [0.29, 0.717) is 11.8 Å². The molecule has 0 N–H and O–H groups in total. The molecule has 2 aromatic carbocycles. The van der Waals surface area contributed by atoms with E-state index in [1.54, 1.807) is 0 Å². The van der Waals surface area contributed by atoms with Gasteiger partial charge in [0, 0.05) is 10.4 Å². The fourth-order valence-electron chi connectivity index (χ4n) is 2.27. The first kappa shape index (κ1) is 14.6. The van der Waals surface area contributed by atoms with Gasteiger partial charge in [0.05, 0.1) is 0 Å². The summed E-state index contributed by atoms with van der Waals surface area (Å²) in [5.74, 6) is 1.15. The minimum absolute atomic E-state index is 0.457. The Morgan fingerprint density at radius 2 is 1.63 bits per heavy atom. The molecule has 0 aromatic heterocycles. The number of hydrogen-bond donors (Lipinski definition) is 0. The highest BCUT2D eigenvalue weighted by Gasteiger charge is 2.10. The van der Waals surface area contributed by atoms with Crippen LogP contribution in [0.5, 0.6) is 0 Å². The number of alkyl halides is 1. The van der Waals surface area contributed by atoms with Crippen LogP contribution in [-0.4, -0.2) is 5.88 Å². The molecule has 19 heavy (non-hydrogen) atoms. The first-order chi connectivity index (χ1) is 9.29. The second kappa shape index (κ2) is 7.72. The Morgan fingerprint density at radius 3 is 2.26 bits per heavy atom. The number of benzene rings is 2. The van der Waals surface area contributed by atoms with Crippen molar-refractivity contribution in [2.45, 2.75) is 25.2 Å². The molecule has 0 saturated carbocycles. The van der Waals surface area contributed by atoms with E-state index in [4.69, 9.17) is 11.6 Å². The van der Waals surface area contributed by atoms with Crippen molar-refractivity contribution in [2.75, 3.05) is 5.88 Å². The molecule has 1 atom stereocenters. The summed E-state index contributed by atoms with van der Waals surface area (Å²) in [5, 5.41) is 0. The minimum Gasteiger partial charge on any atom is -0.126 e. The Bertz CT molecular complexity index is 478. The zero-order valence-electron chi connectivity index (χ0n) is 10.9. The Hall–Kier alpha value is -0.790. The van der Waals surface area contributed by atoms with Gasteiger partial charge in [-0.25, -0.2) is 0 Å². The van der Waals surface area contributed by atoms with E-state index in [-0.39, 0.29) is 0 Å². The molecule has 2 heteroatoms. The Kier molecular flexibility index (Phi) is 5.93. The van der Waals surface area contributed by atoms with Gasteiger partial charge in [0.25, 0.3) is 0 Å². The quantitative estimate of drug-likeness (QED) is 0.585. The van der Waals surface area contributed by atoms with Gasteiger partial charge in [0.2, 0.25) is 0 Å². The van der Waals surface area contributed by atoms with Crippen LogP contribution in [0, 0.1) is 0 Å². The molecule has 0 nitrogen and oxygen atoms in total. The standard InChI is InChI=1S/C17H18BrCl/c18-17-11-9-15(10-12-17)16(13-19)8-4-7-14-5-2-1-3-6-14/h1-3,5-6,9-12,16H,4,7-8,13H2. The van der Waals surface area contributed by atoms with Gasteiger partial charge in [-0.3, -0.25) is 0 Å². The molecule has 2 rings (SSSR count). The van der Waals surface area contributed by atoms with Crippen molar-refractivity contribution in [3.8, 4) is 0 Å². The Morgan fingerprint density at radius 1 is 0.947 bits per heavy atom. The number of rotatable bonds is 6. The summed E-state index contributed by atoms with van der Waals surface area (Å²) >= 11 is 9.58. The van der Waals surface area contributed by atoms with E-state index in [1.807, 2.05) is 0 Å². The summed E-state index contributed by atoms with van der Waals surface area (Å²) in [5.41, 5.74) is 2.75. The molecule has 0 spiro atoms. The summed E-state index contributed by atoms with van der Waals surface area (Å²) in [7, 11) is 0. The second-order valence-electron chi connectivity index (χ2n) is 4.78. The maximum Gasteiger partial charge on any atom is 0.0292 e. The third kappa shape index (κ3) is 4.67. The number of aryl methyl sites for hydroxylation is 1. The summed E-state index contributed by atoms with van der Waals surface area (Å²) in [6.45, 7) is 0. The molecular formula is C17H18BrCl. The molecule has 0 amide bonds. The van der Waals surface area contributed by atoms with Gasteiger partial charge >= 0.3 is 0 Å². The first-order valence-electron chi connectivity index (χ1n) is 6.65. The van der Waals surface area contributed by atoms with E-state index < -0.39 is 0 Å². The lowest BCUT2D eigenvalue weighted by Gasteiger charge is -2.14. The maximum atomic E-state index is 6.11. The fraction of sp³-hybridized carbons (Fsp3) is 0.294. The summed E-state index contributed by atoms with van der Waals surface area (Å²) < 4.78 is 1.12. The van der Waals surface area contributed by atoms with Gasteiger partial charge in [-0.1, -0.05) is 58.4 Å². The van der Waals surface area contributed by atoms with Crippen LogP contribution in [0.15, 0.2) is 59.1 Å². The third-order valence-corrected chi connectivity index (χ3v) is 4.29. The van der Waals surface area contributed by atoms with Crippen LogP contribution in [0.4, 0.5) is 0 Å². The second-order valence-corrected chi connectivity index (χ2v) is 6.00. The van der Waals surface area contributed by atoms with E-state index in [0.717, 1.165) is 17.3 Å². The monoisotopic (exact) mass is 336 g/mol. The van der Waals surface area contributed by atoms with E-state index in [1.165, 1.54) is 17.5 Å². The van der Waals surface area contributed by atoms with Crippen LogP contribution in [0.25, 0.3) is 0 Å². The van der Waals surface area contributed by atoms with Crippen LogP contribution in [0.3, 0.4) is 0 Å². The lowest BCUT2D eigenvalue weighted by atomic mass is 9.94. The largest absolute Gasteiger partial charge is 0.126 e. The van der Waals surface area contributed by atoms with Crippen molar-refractivity contribution >= 4 is 27.5 Å². The zero-order chi connectivity index (χ0) is 13.5. The molecule has 0 radical (unpaired) electrons. The Balaban J connectivity index is 1.87. The SMILES string of the molecule is ClCC(CCCc1ccccc1)c1ccc(Br)cc1. The van der Waals surface area contributed by atoms with E-state index >= 15 is 0 Å². The van der Waals surface area contributed by atoms with Crippen molar-refractivity contribution in [3.63, 3.8) is 0 Å². The molecule has 0 heterocycles. The predicted octanol–water partition coefficient (Wildman–Crippen LogP) is 5.79. The lowest BCUT2D eigenvalue weighted by molar-refractivity contribution is 0.638. The van der Waals surface area contributed by atoms with Crippen molar-refractivity contribution < 1.29 is 0 Å². The van der Waals surface area contributed by atoms with Crippen LogP contribution in [0.1, 0.15) is 29.9 Å². The molecule has 0 aliphatic rings. The minimum atomic E-state index is 0.457. The van der Waals surface area contributed by atoms with Gasteiger partial charge in [-0.2, -0.15) is 0 Å². The lowest BCUT2D eigenvalue weighted by Crippen LogP contribution is -2.01. The smallest absolute Gasteiger partial charge is 0.0292 e. The highest BCUT2D eigenvalue weighted by Crippen LogP contribution is 2.25. The number of hydrogen-bond acceptors (Lipinski definition) is 0. The first-order valence-corrected chi connectivity index (χ1v) is 7.97. The van der Waals surface area contributed by atoms with Gasteiger partial charge < -0.3 is 0 Å². The molecular weight excluding hydrogens is 320 g/mol. The maximum absolute atomic E-state index is 6.11. The Labute approximate surface area is 128 Å². The van der Waals surface area contributed by atoms with Crippen LogP contribution < -0.4 is 0 Å². The molecule has 0 fully saturated rings. The highest BCUT2D eigenvalue weighted by molar-refractivity contribution is 9.10. The summed E-state index contributed by atoms with van der Waals surface area (Å²) in [6, 6.07) is 19.2. The van der Waals surface area contributed by atoms with Crippen molar-refractivity contribution in [3.05, 3.63) is 70.2 Å². The molecule has 2 aromatic rings. The fourth-order valence-corrected chi connectivity index (χ4v) is 2.86. The molecule has 0 saturated heterocycles. The van der Waals surface area contributed by atoms with Gasteiger partial charge in [0.15, 0.2) is 0 Å². The summed E-state index contributed by atoms with van der Waals surface area (Å²) in [4.78, 5) is 0. The van der Waals surface area contributed by atoms with Crippen LogP contribution in [-0.2, 0) is 6.42 Å². The average Bonchev–Trinajstić information content (AvgIpc) is 2.46. The molecule has 0 aliphatic heterocycles. The van der Waals surface area contributed by atoms with Gasteiger partial charge in [-0.15, -0.1) is 11.6 Å². The van der Waals surface area contributed by atoms with Gasteiger partial charge in [0.1, 0.15) is 0 Å². The predicted molar refractivity (Wildman–Crippen MR) is 87.0 cm³/mol. The van der Waals surface area contributed by atoms with Crippen LogP contribution in [0.2, 0.25) is 0 Å². The topological polar surface area (TPSA) is 0 Å². The van der Waals surface area contributed by atoms with Gasteiger partial charge in [-0.05, 0) is 48.4 Å². The number of halogens is 2. The summed E-state index contributed by atoms with van der Waals surface area (Å²) in [6.07, 6.45) is 3.45. The molecule has 0 bridgehead atoms. The zero-order valence-corrected chi connectivity index (χ0v) is 13.2. The van der Waals surface area contributed by atoms with Crippen LogP contribution >= 0.6 is 27.5 Å². The van der Waals surface area contributed by atoms with E-state index in [2.05, 4.69) is 70.5 Å². The molecule has 100 valence electrons. The van der Waals surface area contributed by atoms with Crippen molar-refractivity contribution in [1.82, 2.24) is 0 Å². The third-order valence-electron chi connectivity index (χ3n) is 3.39. The molecule has 0 aliphatic carbocycles. The van der Waals surface area contributed by atoms with Crippen molar-refractivity contribution in [1.29, 1.82) is 0 Å².